The van der Waals surface area contributed by atoms with Crippen LogP contribution in [0, 0.1) is 6.92 Å². The first kappa shape index (κ1) is 12.6. The Morgan fingerprint density at radius 1 is 1.50 bits per heavy atom. The molecule has 5 nitrogen and oxygen atoms in total. The lowest BCUT2D eigenvalue weighted by atomic mass is 10.4. The van der Waals surface area contributed by atoms with Crippen molar-refractivity contribution in [2.24, 2.45) is 0 Å². The van der Waals surface area contributed by atoms with Crippen LogP contribution >= 0.6 is 0 Å². The van der Waals surface area contributed by atoms with Gasteiger partial charge in [0.2, 0.25) is 0 Å². The Balaban J connectivity index is 2.06. The minimum absolute atomic E-state index is 0.144. The lowest BCUT2D eigenvalue weighted by molar-refractivity contribution is 0.0944. The smallest absolute Gasteiger partial charge is 0.271 e. The van der Waals surface area contributed by atoms with E-state index < -0.39 is 0 Å². The van der Waals surface area contributed by atoms with Gasteiger partial charge in [0.05, 0.1) is 0 Å². The molecule has 0 aromatic carbocycles. The summed E-state index contributed by atoms with van der Waals surface area (Å²) in [7, 11) is 1.65. The number of carbonyl (C=O) groups excluding carboxylic acids is 1. The highest BCUT2D eigenvalue weighted by molar-refractivity contribution is 5.92. The summed E-state index contributed by atoms with van der Waals surface area (Å²) in [5.74, 6) is -0.144. The Morgan fingerprint density at radius 2 is 2.33 bits per heavy atom. The van der Waals surface area contributed by atoms with E-state index in [2.05, 4.69) is 10.3 Å². The quantitative estimate of drug-likeness (QED) is 0.813. The Bertz CT molecular complexity index is 548. The molecule has 5 heteroatoms. The zero-order valence-corrected chi connectivity index (χ0v) is 10.6. The molecule has 0 aliphatic carbocycles. The number of pyridine rings is 1. The average molecular weight is 247 g/mol. The van der Waals surface area contributed by atoms with Crippen LogP contribution in [0.3, 0.4) is 0 Å². The Labute approximate surface area is 106 Å². The number of hydrogen-bond acceptors (Lipinski definition) is 3. The summed E-state index contributed by atoms with van der Waals surface area (Å²) in [6.45, 7) is 3.22. The second kappa shape index (κ2) is 5.64. The number of nitrogens with zero attached hydrogens (tertiary/aromatic N) is 2. The molecule has 0 radical (unpaired) electrons. The van der Waals surface area contributed by atoms with Crippen LogP contribution < -0.4 is 5.32 Å². The molecular weight excluding hydrogens is 230 g/mol. The third-order valence-electron chi connectivity index (χ3n) is 2.74. The van der Waals surface area contributed by atoms with E-state index in [9.17, 15) is 4.79 Å². The van der Waals surface area contributed by atoms with Gasteiger partial charge in [-0.2, -0.15) is 0 Å². The van der Waals surface area contributed by atoms with Crippen molar-refractivity contribution < 1.29 is 9.53 Å². The van der Waals surface area contributed by atoms with Gasteiger partial charge in [0.1, 0.15) is 11.3 Å². The second-order valence-electron chi connectivity index (χ2n) is 4.12. The lowest BCUT2D eigenvalue weighted by Crippen LogP contribution is -2.25. The van der Waals surface area contributed by atoms with Gasteiger partial charge >= 0.3 is 0 Å². The number of imidazole rings is 1. The molecular formula is C13H17N3O2. The first-order chi connectivity index (χ1) is 8.72. The van der Waals surface area contributed by atoms with Crippen LogP contribution in [0.5, 0.6) is 0 Å². The molecule has 0 atom stereocenters. The van der Waals surface area contributed by atoms with Crippen molar-refractivity contribution in [3.63, 3.8) is 0 Å². The fraction of sp³-hybridized carbons (Fsp3) is 0.385. The van der Waals surface area contributed by atoms with Crippen LogP contribution in [-0.2, 0) is 4.74 Å². The summed E-state index contributed by atoms with van der Waals surface area (Å²) in [6, 6.07) is 5.79. The minimum atomic E-state index is -0.144. The van der Waals surface area contributed by atoms with Crippen LogP contribution in [0.2, 0.25) is 0 Å². The maximum Gasteiger partial charge on any atom is 0.271 e. The fourth-order valence-corrected chi connectivity index (χ4v) is 1.77. The maximum atomic E-state index is 11.9. The van der Waals surface area contributed by atoms with Gasteiger partial charge in [-0.25, -0.2) is 4.98 Å². The van der Waals surface area contributed by atoms with Crippen molar-refractivity contribution in [1.82, 2.24) is 14.7 Å². The Morgan fingerprint density at radius 3 is 3.06 bits per heavy atom. The molecule has 0 fully saturated rings. The van der Waals surface area contributed by atoms with Crippen LogP contribution in [0.1, 0.15) is 22.6 Å². The SMILES string of the molecule is COCCCNC(=O)c1cn2c(C)cccc2n1. The number of ether oxygens (including phenoxy) is 1. The number of rotatable bonds is 5. The average Bonchev–Trinajstić information content (AvgIpc) is 2.80. The van der Waals surface area contributed by atoms with Crippen LogP contribution in [0.15, 0.2) is 24.4 Å². The van der Waals surface area contributed by atoms with Crippen LogP contribution in [0.25, 0.3) is 5.65 Å². The largest absolute Gasteiger partial charge is 0.385 e. The zero-order chi connectivity index (χ0) is 13.0. The second-order valence-corrected chi connectivity index (χ2v) is 4.12. The van der Waals surface area contributed by atoms with Gasteiger partial charge in [-0.1, -0.05) is 6.07 Å². The molecule has 2 rings (SSSR count). The fourth-order valence-electron chi connectivity index (χ4n) is 1.77. The van der Waals surface area contributed by atoms with Crippen molar-refractivity contribution in [3.05, 3.63) is 35.8 Å². The van der Waals surface area contributed by atoms with Crippen molar-refractivity contribution in [2.45, 2.75) is 13.3 Å². The first-order valence-electron chi connectivity index (χ1n) is 5.94. The predicted molar refractivity (Wildman–Crippen MR) is 68.8 cm³/mol. The molecule has 2 aromatic rings. The first-order valence-corrected chi connectivity index (χ1v) is 5.94. The molecule has 18 heavy (non-hydrogen) atoms. The Kier molecular flexibility index (Phi) is 3.94. The number of amides is 1. The number of fused-ring (bicyclic) bond motifs is 1. The predicted octanol–water partition coefficient (Wildman–Crippen LogP) is 1.41. The summed E-state index contributed by atoms with van der Waals surface area (Å²) < 4.78 is 6.83. The summed E-state index contributed by atoms with van der Waals surface area (Å²) >= 11 is 0. The van der Waals surface area contributed by atoms with E-state index >= 15 is 0 Å². The van der Waals surface area contributed by atoms with E-state index in [0.29, 0.717) is 18.8 Å². The number of carbonyl (C=O) groups is 1. The van der Waals surface area contributed by atoms with Crippen molar-refractivity contribution >= 4 is 11.6 Å². The lowest BCUT2D eigenvalue weighted by Gasteiger charge is -2.01. The molecule has 2 aromatic heterocycles. The zero-order valence-electron chi connectivity index (χ0n) is 10.6. The summed E-state index contributed by atoms with van der Waals surface area (Å²) in [6.07, 6.45) is 2.56. The number of aromatic nitrogens is 2. The highest BCUT2D eigenvalue weighted by Crippen LogP contribution is 2.08. The van der Waals surface area contributed by atoms with Gasteiger partial charge in [0.15, 0.2) is 0 Å². The molecule has 0 saturated carbocycles. The van der Waals surface area contributed by atoms with Gasteiger partial charge in [-0.3, -0.25) is 4.79 Å². The number of methoxy groups -OCH3 is 1. The van der Waals surface area contributed by atoms with Crippen LogP contribution in [0.4, 0.5) is 0 Å². The van der Waals surface area contributed by atoms with E-state index in [0.717, 1.165) is 17.8 Å². The van der Waals surface area contributed by atoms with E-state index in [-0.39, 0.29) is 5.91 Å². The summed E-state index contributed by atoms with van der Waals surface area (Å²) in [5, 5.41) is 2.82. The highest BCUT2D eigenvalue weighted by atomic mass is 16.5. The molecule has 0 aliphatic rings. The molecule has 96 valence electrons. The van der Waals surface area contributed by atoms with E-state index in [4.69, 9.17) is 4.74 Å². The topological polar surface area (TPSA) is 55.6 Å². The van der Waals surface area contributed by atoms with Gasteiger partial charge in [-0.15, -0.1) is 0 Å². The van der Waals surface area contributed by atoms with Crippen molar-refractivity contribution in [2.75, 3.05) is 20.3 Å². The molecule has 1 N–H and O–H groups in total. The summed E-state index contributed by atoms with van der Waals surface area (Å²) in [5.41, 5.74) is 2.29. The third-order valence-corrected chi connectivity index (χ3v) is 2.74. The molecule has 0 saturated heterocycles. The number of aryl methyl sites for hydroxylation is 1. The van der Waals surface area contributed by atoms with Gasteiger partial charge in [-0.05, 0) is 25.5 Å². The van der Waals surface area contributed by atoms with E-state index in [1.165, 1.54) is 0 Å². The maximum absolute atomic E-state index is 11.9. The minimum Gasteiger partial charge on any atom is -0.385 e. The van der Waals surface area contributed by atoms with Gasteiger partial charge in [0, 0.05) is 32.2 Å². The normalized spacial score (nSPS) is 10.8. The highest BCUT2D eigenvalue weighted by Gasteiger charge is 2.10. The van der Waals surface area contributed by atoms with Crippen molar-refractivity contribution in [1.29, 1.82) is 0 Å². The third kappa shape index (κ3) is 2.68. The van der Waals surface area contributed by atoms with Gasteiger partial charge < -0.3 is 14.5 Å². The van der Waals surface area contributed by atoms with E-state index in [1.807, 2.05) is 29.5 Å². The van der Waals surface area contributed by atoms with Crippen molar-refractivity contribution in [3.8, 4) is 0 Å². The Hall–Kier alpha value is -1.88. The molecule has 0 bridgehead atoms. The molecule has 0 spiro atoms. The molecule has 0 unspecified atom stereocenters. The van der Waals surface area contributed by atoms with E-state index in [1.54, 1.807) is 13.3 Å². The summed E-state index contributed by atoms with van der Waals surface area (Å²) in [4.78, 5) is 16.2. The molecule has 1 amide bonds. The monoisotopic (exact) mass is 247 g/mol. The van der Waals surface area contributed by atoms with Crippen LogP contribution in [-0.4, -0.2) is 35.6 Å². The standard InChI is InChI=1S/C13H17N3O2/c1-10-5-3-6-12-15-11(9-16(10)12)13(17)14-7-4-8-18-2/h3,5-6,9H,4,7-8H2,1-2H3,(H,14,17). The molecule has 2 heterocycles. The number of nitrogens with one attached hydrogen (secondary N) is 1. The van der Waals surface area contributed by atoms with Gasteiger partial charge in [0.25, 0.3) is 5.91 Å². The molecule has 0 aliphatic heterocycles. The number of hydrogen-bond donors (Lipinski definition) is 1.